The Labute approximate surface area is 172 Å². The number of hydrogen-bond acceptors (Lipinski definition) is 6. The first-order valence-electron chi connectivity index (χ1n) is 10.00. The highest BCUT2D eigenvalue weighted by Crippen LogP contribution is 2.28. The molecule has 0 bridgehead atoms. The molecule has 1 saturated heterocycles. The third-order valence-electron chi connectivity index (χ3n) is 5.30. The molecule has 0 atom stereocenters. The standard InChI is InChI=1S/C22H30N4O3/c1-5-17-14-18(22(29-4)23-16(17)2)24-21(27)15-25-10-12-26(13-11-25)19-8-6-7-9-20(19)28-3/h6-9,14H,5,10-13,15H2,1-4H3,(H,24,27). The molecule has 1 aliphatic rings. The van der Waals surface area contributed by atoms with Crippen LogP contribution in [0.25, 0.3) is 0 Å². The number of nitrogens with zero attached hydrogens (tertiary/aromatic N) is 3. The van der Waals surface area contributed by atoms with Crippen molar-refractivity contribution < 1.29 is 14.3 Å². The van der Waals surface area contributed by atoms with Gasteiger partial charge < -0.3 is 19.7 Å². The van der Waals surface area contributed by atoms with Crippen LogP contribution in [0, 0.1) is 6.92 Å². The van der Waals surface area contributed by atoms with Crippen LogP contribution in [0.5, 0.6) is 11.6 Å². The second-order valence-electron chi connectivity index (χ2n) is 7.13. The van der Waals surface area contributed by atoms with E-state index in [1.54, 1.807) is 14.2 Å². The quantitative estimate of drug-likeness (QED) is 0.774. The molecule has 3 rings (SSSR count). The summed E-state index contributed by atoms with van der Waals surface area (Å²) in [5, 5.41) is 2.97. The first kappa shape index (κ1) is 20.9. The van der Waals surface area contributed by atoms with Crippen LogP contribution >= 0.6 is 0 Å². The maximum absolute atomic E-state index is 12.6. The van der Waals surface area contributed by atoms with E-state index in [0.29, 0.717) is 18.1 Å². The van der Waals surface area contributed by atoms with Crippen LogP contribution in [-0.4, -0.2) is 62.7 Å². The second-order valence-corrected chi connectivity index (χ2v) is 7.13. The van der Waals surface area contributed by atoms with Crippen molar-refractivity contribution in [1.82, 2.24) is 9.88 Å². The average molecular weight is 399 g/mol. The number of aromatic nitrogens is 1. The van der Waals surface area contributed by atoms with Crippen LogP contribution in [0.15, 0.2) is 30.3 Å². The molecule has 2 heterocycles. The number of methoxy groups -OCH3 is 2. The fourth-order valence-corrected chi connectivity index (χ4v) is 3.66. The van der Waals surface area contributed by atoms with Gasteiger partial charge in [0.2, 0.25) is 11.8 Å². The summed E-state index contributed by atoms with van der Waals surface area (Å²) in [6.45, 7) is 7.70. The summed E-state index contributed by atoms with van der Waals surface area (Å²) in [5.74, 6) is 1.28. The maximum Gasteiger partial charge on any atom is 0.238 e. The summed E-state index contributed by atoms with van der Waals surface area (Å²) in [4.78, 5) is 21.5. The molecular weight excluding hydrogens is 368 g/mol. The van der Waals surface area contributed by atoms with Gasteiger partial charge in [-0.25, -0.2) is 4.98 Å². The number of aryl methyl sites for hydroxylation is 2. The van der Waals surface area contributed by atoms with Gasteiger partial charge in [0, 0.05) is 31.9 Å². The Kier molecular flexibility index (Phi) is 6.93. The van der Waals surface area contributed by atoms with E-state index in [9.17, 15) is 4.79 Å². The minimum Gasteiger partial charge on any atom is -0.495 e. The molecule has 1 aromatic carbocycles. The number of pyridine rings is 1. The minimum absolute atomic E-state index is 0.0539. The predicted octanol–water partition coefficient (Wildman–Crippen LogP) is 2.73. The lowest BCUT2D eigenvalue weighted by molar-refractivity contribution is -0.117. The zero-order valence-corrected chi connectivity index (χ0v) is 17.7. The first-order valence-corrected chi connectivity index (χ1v) is 10.00. The van der Waals surface area contributed by atoms with Gasteiger partial charge in [0.15, 0.2) is 0 Å². The van der Waals surface area contributed by atoms with E-state index < -0.39 is 0 Å². The average Bonchev–Trinajstić information content (AvgIpc) is 2.75. The molecule has 0 radical (unpaired) electrons. The molecule has 7 nitrogen and oxygen atoms in total. The van der Waals surface area contributed by atoms with Crippen LogP contribution in [-0.2, 0) is 11.2 Å². The number of amides is 1. The molecule has 0 unspecified atom stereocenters. The fraction of sp³-hybridized carbons (Fsp3) is 0.455. The molecule has 156 valence electrons. The lowest BCUT2D eigenvalue weighted by Crippen LogP contribution is -2.48. The fourth-order valence-electron chi connectivity index (χ4n) is 3.66. The number of hydrogen-bond donors (Lipinski definition) is 1. The molecule has 0 spiro atoms. The monoisotopic (exact) mass is 398 g/mol. The Balaban J connectivity index is 1.58. The molecule has 1 aromatic heterocycles. The van der Waals surface area contributed by atoms with Gasteiger partial charge >= 0.3 is 0 Å². The third-order valence-corrected chi connectivity index (χ3v) is 5.30. The van der Waals surface area contributed by atoms with Crippen LogP contribution in [0.4, 0.5) is 11.4 Å². The van der Waals surface area contributed by atoms with Gasteiger partial charge in [-0.3, -0.25) is 9.69 Å². The van der Waals surface area contributed by atoms with Crippen molar-refractivity contribution >= 4 is 17.3 Å². The van der Waals surface area contributed by atoms with Crippen LogP contribution < -0.4 is 19.7 Å². The number of benzene rings is 1. The Morgan fingerprint density at radius 1 is 1.14 bits per heavy atom. The van der Waals surface area contributed by atoms with E-state index in [4.69, 9.17) is 9.47 Å². The van der Waals surface area contributed by atoms with Crippen LogP contribution in [0.2, 0.25) is 0 Å². The Hall–Kier alpha value is -2.80. The lowest BCUT2D eigenvalue weighted by atomic mass is 10.1. The smallest absolute Gasteiger partial charge is 0.238 e. The van der Waals surface area contributed by atoms with E-state index in [-0.39, 0.29) is 5.91 Å². The second kappa shape index (κ2) is 9.60. The van der Waals surface area contributed by atoms with Crippen molar-refractivity contribution in [2.75, 3.05) is 57.2 Å². The Morgan fingerprint density at radius 2 is 1.86 bits per heavy atom. The predicted molar refractivity (Wildman–Crippen MR) is 115 cm³/mol. The summed E-state index contributed by atoms with van der Waals surface area (Å²) in [6, 6.07) is 10.00. The van der Waals surface area contributed by atoms with Gasteiger partial charge in [-0.1, -0.05) is 19.1 Å². The lowest BCUT2D eigenvalue weighted by Gasteiger charge is -2.36. The largest absolute Gasteiger partial charge is 0.495 e. The number of carbonyl (C=O) groups excluding carboxylic acids is 1. The molecule has 1 N–H and O–H groups in total. The van der Waals surface area contributed by atoms with Gasteiger partial charge in [0.1, 0.15) is 11.4 Å². The molecule has 0 saturated carbocycles. The first-order chi connectivity index (χ1) is 14.0. The van der Waals surface area contributed by atoms with Gasteiger partial charge in [0.25, 0.3) is 0 Å². The zero-order chi connectivity index (χ0) is 20.8. The number of ether oxygens (including phenoxy) is 2. The summed E-state index contributed by atoms with van der Waals surface area (Å²) in [5.41, 5.74) is 3.76. The summed E-state index contributed by atoms with van der Waals surface area (Å²) < 4.78 is 10.8. The minimum atomic E-state index is -0.0539. The molecule has 1 aliphatic heterocycles. The molecule has 29 heavy (non-hydrogen) atoms. The molecule has 0 aliphatic carbocycles. The maximum atomic E-state index is 12.6. The van der Waals surface area contributed by atoms with Gasteiger partial charge in [-0.15, -0.1) is 0 Å². The van der Waals surface area contributed by atoms with Gasteiger partial charge in [-0.05, 0) is 37.1 Å². The highest BCUT2D eigenvalue weighted by molar-refractivity contribution is 5.93. The van der Waals surface area contributed by atoms with Crippen molar-refractivity contribution in [3.8, 4) is 11.6 Å². The van der Waals surface area contributed by atoms with Gasteiger partial charge in [0.05, 0.1) is 26.5 Å². The highest BCUT2D eigenvalue weighted by Gasteiger charge is 2.21. The SMILES string of the molecule is CCc1cc(NC(=O)CN2CCN(c3ccccc3OC)CC2)c(OC)nc1C. The topological polar surface area (TPSA) is 66.9 Å². The van der Waals surface area contributed by atoms with Gasteiger partial charge in [-0.2, -0.15) is 0 Å². The van der Waals surface area contributed by atoms with E-state index >= 15 is 0 Å². The van der Waals surface area contributed by atoms with Crippen LogP contribution in [0.1, 0.15) is 18.2 Å². The molecule has 1 fully saturated rings. The number of nitrogens with one attached hydrogen (secondary N) is 1. The number of anilines is 2. The van der Waals surface area contributed by atoms with E-state index in [1.165, 1.54) is 0 Å². The number of para-hydroxylation sites is 2. The van der Waals surface area contributed by atoms with E-state index in [1.807, 2.05) is 31.2 Å². The summed E-state index contributed by atoms with van der Waals surface area (Å²) in [6.07, 6.45) is 0.858. The van der Waals surface area contributed by atoms with Crippen molar-refractivity contribution in [1.29, 1.82) is 0 Å². The molecular formula is C22H30N4O3. The van der Waals surface area contributed by atoms with E-state index in [0.717, 1.165) is 55.3 Å². The molecule has 1 amide bonds. The van der Waals surface area contributed by atoms with Crippen molar-refractivity contribution in [3.05, 3.63) is 41.6 Å². The number of piperazine rings is 1. The van der Waals surface area contributed by atoms with Crippen LogP contribution in [0.3, 0.4) is 0 Å². The van der Waals surface area contributed by atoms with E-state index in [2.05, 4.69) is 33.1 Å². The summed E-state index contributed by atoms with van der Waals surface area (Å²) in [7, 11) is 3.26. The highest BCUT2D eigenvalue weighted by atomic mass is 16.5. The Morgan fingerprint density at radius 3 is 2.52 bits per heavy atom. The zero-order valence-electron chi connectivity index (χ0n) is 17.7. The van der Waals surface area contributed by atoms with Crippen molar-refractivity contribution in [2.24, 2.45) is 0 Å². The molecule has 2 aromatic rings. The normalized spacial score (nSPS) is 14.6. The number of rotatable bonds is 7. The van der Waals surface area contributed by atoms with Crippen molar-refractivity contribution in [3.63, 3.8) is 0 Å². The third kappa shape index (κ3) is 4.98. The molecule has 7 heteroatoms. The number of carbonyl (C=O) groups is 1. The van der Waals surface area contributed by atoms with Crippen molar-refractivity contribution in [2.45, 2.75) is 20.3 Å². The Bertz CT molecular complexity index is 848. The summed E-state index contributed by atoms with van der Waals surface area (Å²) >= 11 is 0.